The molecule has 0 radical (unpaired) electrons. The van der Waals surface area contributed by atoms with Crippen molar-refractivity contribution in [3.8, 4) is 0 Å². The molecule has 1 aromatic rings. The van der Waals surface area contributed by atoms with Crippen molar-refractivity contribution in [2.75, 3.05) is 26.2 Å². The van der Waals surface area contributed by atoms with Crippen LogP contribution in [0.25, 0.3) is 0 Å². The van der Waals surface area contributed by atoms with Gasteiger partial charge in [-0.1, -0.05) is 22.0 Å². The molecular formula is C13H18BrFN2. The second kappa shape index (κ2) is 5.94. The van der Waals surface area contributed by atoms with Gasteiger partial charge < -0.3 is 5.32 Å². The van der Waals surface area contributed by atoms with Crippen molar-refractivity contribution in [1.82, 2.24) is 10.2 Å². The summed E-state index contributed by atoms with van der Waals surface area (Å²) in [5.41, 5.74) is 1.16. The molecule has 1 fully saturated rings. The van der Waals surface area contributed by atoms with Crippen molar-refractivity contribution in [1.29, 1.82) is 0 Å². The minimum Gasteiger partial charge on any atom is -0.315 e. The molecule has 1 heterocycles. The monoisotopic (exact) mass is 300 g/mol. The quantitative estimate of drug-likeness (QED) is 0.903. The number of hydrogen-bond donors (Lipinski definition) is 1. The normalized spacial score (nSPS) is 19.9. The van der Waals surface area contributed by atoms with Gasteiger partial charge in [0.25, 0.3) is 0 Å². The summed E-state index contributed by atoms with van der Waals surface area (Å²) < 4.78 is 13.9. The largest absolute Gasteiger partial charge is 0.315 e. The van der Waals surface area contributed by atoms with Crippen molar-refractivity contribution >= 4 is 15.9 Å². The first-order chi connectivity index (χ1) is 8.18. The summed E-state index contributed by atoms with van der Waals surface area (Å²) in [6, 6.07) is 5.28. The van der Waals surface area contributed by atoms with Crippen molar-refractivity contribution in [3.63, 3.8) is 0 Å². The molecule has 1 saturated heterocycles. The fourth-order valence-electron chi connectivity index (χ4n) is 2.29. The zero-order valence-electron chi connectivity index (χ0n) is 10.0. The fourth-order valence-corrected chi connectivity index (χ4v) is 2.97. The zero-order chi connectivity index (χ0) is 12.3. The Morgan fingerprint density at radius 3 is 2.94 bits per heavy atom. The molecule has 0 amide bonds. The Hall–Kier alpha value is -0.450. The van der Waals surface area contributed by atoms with Crippen LogP contribution in [-0.4, -0.2) is 31.1 Å². The first-order valence-corrected chi connectivity index (χ1v) is 6.87. The van der Waals surface area contributed by atoms with Crippen LogP contribution in [0.3, 0.4) is 0 Å². The molecule has 0 aliphatic carbocycles. The van der Waals surface area contributed by atoms with Gasteiger partial charge in [0.1, 0.15) is 5.82 Å². The summed E-state index contributed by atoms with van der Waals surface area (Å²) >= 11 is 3.45. The van der Waals surface area contributed by atoms with E-state index in [0.29, 0.717) is 6.04 Å². The summed E-state index contributed by atoms with van der Waals surface area (Å²) in [7, 11) is 0. The van der Waals surface area contributed by atoms with Crippen LogP contribution in [0.4, 0.5) is 4.39 Å². The summed E-state index contributed by atoms with van der Waals surface area (Å²) in [6.45, 7) is 6.45. The number of hydrogen-bond acceptors (Lipinski definition) is 2. The van der Waals surface area contributed by atoms with Crippen molar-refractivity contribution < 1.29 is 4.39 Å². The van der Waals surface area contributed by atoms with Gasteiger partial charge in [0, 0.05) is 23.6 Å². The highest BCUT2D eigenvalue weighted by Gasteiger charge is 2.19. The van der Waals surface area contributed by atoms with Gasteiger partial charge in [-0.05, 0) is 44.1 Å². The van der Waals surface area contributed by atoms with Gasteiger partial charge in [-0.3, -0.25) is 4.90 Å². The fraction of sp³-hybridized carbons (Fsp3) is 0.538. The van der Waals surface area contributed by atoms with E-state index in [4.69, 9.17) is 0 Å². The maximum absolute atomic E-state index is 13.1. The third kappa shape index (κ3) is 3.27. The highest BCUT2D eigenvalue weighted by molar-refractivity contribution is 9.10. The topological polar surface area (TPSA) is 15.3 Å². The molecule has 0 saturated carbocycles. The Labute approximate surface area is 110 Å². The molecule has 2 nitrogen and oxygen atoms in total. The Morgan fingerprint density at radius 2 is 2.18 bits per heavy atom. The van der Waals surface area contributed by atoms with Crippen LogP contribution in [0.1, 0.15) is 24.9 Å². The molecular weight excluding hydrogens is 283 g/mol. The number of rotatable bonds is 2. The number of halogens is 2. The molecule has 1 atom stereocenters. The number of nitrogens with zero attached hydrogens (tertiary/aromatic N) is 1. The molecule has 1 unspecified atom stereocenters. The zero-order valence-corrected chi connectivity index (χ0v) is 11.6. The Kier molecular flexibility index (Phi) is 4.54. The van der Waals surface area contributed by atoms with E-state index in [1.807, 2.05) is 6.07 Å². The third-order valence-corrected chi connectivity index (χ3v) is 4.02. The Balaban J connectivity index is 2.14. The minimum absolute atomic E-state index is 0.189. The van der Waals surface area contributed by atoms with Crippen LogP contribution >= 0.6 is 15.9 Å². The second-order valence-corrected chi connectivity index (χ2v) is 5.34. The molecule has 0 bridgehead atoms. The van der Waals surface area contributed by atoms with Gasteiger partial charge in [0.2, 0.25) is 0 Å². The highest BCUT2D eigenvalue weighted by Crippen LogP contribution is 2.28. The van der Waals surface area contributed by atoms with Crippen LogP contribution in [0, 0.1) is 5.82 Å². The molecule has 1 aliphatic rings. The lowest BCUT2D eigenvalue weighted by Crippen LogP contribution is -2.31. The maximum Gasteiger partial charge on any atom is 0.124 e. The summed E-state index contributed by atoms with van der Waals surface area (Å²) in [5, 5.41) is 3.39. The number of benzene rings is 1. The van der Waals surface area contributed by atoms with Gasteiger partial charge in [-0.25, -0.2) is 4.39 Å². The van der Waals surface area contributed by atoms with E-state index < -0.39 is 0 Å². The standard InChI is InChI=1S/C13H18BrFN2/c1-10(17-7-2-5-16-6-8-17)12-4-3-11(15)9-13(12)14/h3-4,9-10,16H,2,5-8H2,1H3. The van der Waals surface area contributed by atoms with Crippen molar-refractivity contribution in [2.24, 2.45) is 0 Å². The van der Waals surface area contributed by atoms with E-state index in [1.165, 1.54) is 12.5 Å². The summed E-state index contributed by atoms with van der Waals surface area (Å²) in [5.74, 6) is -0.189. The second-order valence-electron chi connectivity index (χ2n) is 4.48. The SMILES string of the molecule is CC(c1ccc(F)cc1Br)N1CCCNCC1. The van der Waals surface area contributed by atoms with Crippen molar-refractivity contribution in [2.45, 2.75) is 19.4 Å². The van der Waals surface area contributed by atoms with E-state index in [-0.39, 0.29) is 5.82 Å². The average Bonchev–Trinajstić information content (AvgIpc) is 2.56. The summed E-state index contributed by atoms with van der Waals surface area (Å²) in [4.78, 5) is 2.44. The molecule has 1 aromatic carbocycles. The predicted molar refractivity (Wildman–Crippen MR) is 71.6 cm³/mol. The number of nitrogens with one attached hydrogen (secondary N) is 1. The van der Waals surface area contributed by atoms with Gasteiger partial charge in [0.05, 0.1) is 0 Å². The van der Waals surface area contributed by atoms with E-state index in [1.54, 1.807) is 6.07 Å². The molecule has 4 heteroatoms. The van der Waals surface area contributed by atoms with E-state index in [0.717, 1.165) is 36.2 Å². The van der Waals surface area contributed by atoms with Crippen LogP contribution < -0.4 is 5.32 Å². The third-order valence-electron chi connectivity index (χ3n) is 3.33. The molecule has 1 aliphatic heterocycles. The Bertz CT molecular complexity index is 376. The lowest BCUT2D eigenvalue weighted by molar-refractivity contribution is 0.224. The predicted octanol–water partition coefficient (Wildman–Crippen LogP) is 2.94. The van der Waals surface area contributed by atoms with E-state index >= 15 is 0 Å². The summed E-state index contributed by atoms with van der Waals surface area (Å²) in [6.07, 6.45) is 1.17. The van der Waals surface area contributed by atoms with E-state index in [2.05, 4.69) is 33.1 Å². The van der Waals surface area contributed by atoms with Crippen LogP contribution in [0.2, 0.25) is 0 Å². The van der Waals surface area contributed by atoms with Gasteiger partial charge in [-0.2, -0.15) is 0 Å². The van der Waals surface area contributed by atoms with Crippen LogP contribution in [-0.2, 0) is 0 Å². The molecule has 1 N–H and O–H groups in total. The van der Waals surface area contributed by atoms with Gasteiger partial charge >= 0.3 is 0 Å². The smallest absolute Gasteiger partial charge is 0.124 e. The molecule has 0 spiro atoms. The first-order valence-electron chi connectivity index (χ1n) is 6.08. The van der Waals surface area contributed by atoms with Gasteiger partial charge in [-0.15, -0.1) is 0 Å². The molecule has 0 aromatic heterocycles. The maximum atomic E-state index is 13.1. The van der Waals surface area contributed by atoms with Gasteiger partial charge in [0.15, 0.2) is 0 Å². The first kappa shape index (κ1) is 13.0. The van der Waals surface area contributed by atoms with Crippen LogP contribution in [0.15, 0.2) is 22.7 Å². The Morgan fingerprint density at radius 1 is 1.35 bits per heavy atom. The van der Waals surface area contributed by atoms with Crippen molar-refractivity contribution in [3.05, 3.63) is 34.1 Å². The van der Waals surface area contributed by atoms with E-state index in [9.17, 15) is 4.39 Å². The minimum atomic E-state index is -0.189. The average molecular weight is 301 g/mol. The van der Waals surface area contributed by atoms with Crippen LogP contribution in [0.5, 0.6) is 0 Å². The lowest BCUT2D eigenvalue weighted by atomic mass is 10.1. The lowest BCUT2D eigenvalue weighted by Gasteiger charge is -2.28. The molecule has 17 heavy (non-hydrogen) atoms. The molecule has 94 valence electrons. The highest BCUT2D eigenvalue weighted by atomic mass is 79.9. The molecule has 2 rings (SSSR count).